The van der Waals surface area contributed by atoms with Gasteiger partial charge in [0.2, 0.25) is 0 Å². The molecule has 1 atom stereocenters. The first-order chi connectivity index (χ1) is 7.17. The molecule has 0 fully saturated rings. The summed E-state index contributed by atoms with van der Waals surface area (Å²) >= 11 is 1.58. The molecular formula is C8H15N5OS. The summed E-state index contributed by atoms with van der Waals surface area (Å²) in [6, 6.07) is 0. The van der Waals surface area contributed by atoms with Gasteiger partial charge < -0.3 is 10.9 Å². The van der Waals surface area contributed by atoms with Gasteiger partial charge in [-0.05, 0) is 6.42 Å². The highest BCUT2D eigenvalue weighted by Crippen LogP contribution is 2.24. The van der Waals surface area contributed by atoms with Crippen molar-refractivity contribution in [1.29, 1.82) is 0 Å². The smallest absolute Gasteiger partial charge is 0.186 e. The average Bonchev–Trinajstić information content (AvgIpc) is 2.63. The normalized spacial score (nSPS) is 14.1. The van der Waals surface area contributed by atoms with Crippen molar-refractivity contribution in [3.8, 4) is 0 Å². The van der Waals surface area contributed by atoms with Crippen molar-refractivity contribution in [1.82, 2.24) is 14.8 Å². The lowest BCUT2D eigenvalue weighted by Gasteiger charge is -2.11. The highest BCUT2D eigenvalue weighted by atomic mass is 32.2. The topological polar surface area (TPSA) is 89.3 Å². The Morgan fingerprint density at radius 2 is 2.53 bits per heavy atom. The molecule has 0 aliphatic rings. The number of aromatic nitrogens is 3. The monoisotopic (exact) mass is 229 g/mol. The highest BCUT2D eigenvalue weighted by molar-refractivity contribution is 7.99. The van der Waals surface area contributed by atoms with Gasteiger partial charge in [-0.15, -0.1) is 0 Å². The Morgan fingerprint density at radius 3 is 3.00 bits per heavy atom. The van der Waals surface area contributed by atoms with E-state index in [9.17, 15) is 0 Å². The van der Waals surface area contributed by atoms with E-state index in [-0.39, 0.29) is 11.1 Å². The molecule has 0 spiro atoms. The van der Waals surface area contributed by atoms with Gasteiger partial charge in [-0.2, -0.15) is 5.10 Å². The van der Waals surface area contributed by atoms with Crippen LogP contribution in [0.1, 0.15) is 19.8 Å². The fraction of sp³-hybridized carbons (Fsp3) is 0.625. The molecule has 7 heteroatoms. The Morgan fingerprint density at radius 1 is 1.80 bits per heavy atom. The molecule has 0 amide bonds. The molecule has 1 unspecified atom stereocenters. The second-order valence-electron chi connectivity index (χ2n) is 3.11. The Labute approximate surface area is 92.6 Å². The molecule has 6 nitrogen and oxygen atoms in total. The first kappa shape index (κ1) is 11.8. The van der Waals surface area contributed by atoms with Crippen LogP contribution in [0.5, 0.6) is 0 Å². The van der Waals surface area contributed by atoms with Crippen molar-refractivity contribution in [3.05, 3.63) is 6.33 Å². The van der Waals surface area contributed by atoms with Gasteiger partial charge in [-0.1, -0.05) is 23.8 Å². The molecule has 0 aliphatic carbocycles. The van der Waals surface area contributed by atoms with Gasteiger partial charge in [-0.3, -0.25) is 0 Å². The van der Waals surface area contributed by atoms with E-state index in [0.717, 1.165) is 11.6 Å². The maximum Gasteiger partial charge on any atom is 0.186 e. The lowest BCUT2D eigenvalue weighted by molar-refractivity contribution is 0.316. The van der Waals surface area contributed by atoms with Gasteiger partial charge in [0.1, 0.15) is 12.2 Å². The first-order valence-electron chi connectivity index (χ1n) is 4.64. The fourth-order valence-electron chi connectivity index (χ4n) is 1.08. The zero-order valence-corrected chi connectivity index (χ0v) is 9.61. The van der Waals surface area contributed by atoms with Crippen LogP contribution in [0.4, 0.5) is 0 Å². The van der Waals surface area contributed by atoms with Crippen molar-refractivity contribution in [2.75, 3.05) is 0 Å². The Kier molecular flexibility index (Phi) is 4.41. The van der Waals surface area contributed by atoms with Gasteiger partial charge in [0.15, 0.2) is 5.16 Å². The summed E-state index contributed by atoms with van der Waals surface area (Å²) in [5.41, 5.74) is 5.46. The lowest BCUT2D eigenvalue weighted by Crippen LogP contribution is -2.18. The van der Waals surface area contributed by atoms with E-state index in [1.54, 1.807) is 16.4 Å². The molecule has 3 N–H and O–H groups in total. The van der Waals surface area contributed by atoms with E-state index < -0.39 is 0 Å². The van der Waals surface area contributed by atoms with Crippen molar-refractivity contribution < 1.29 is 5.21 Å². The van der Waals surface area contributed by atoms with Crippen LogP contribution < -0.4 is 5.73 Å². The minimum Gasteiger partial charge on any atom is -0.409 e. The second kappa shape index (κ2) is 5.59. The predicted molar refractivity (Wildman–Crippen MR) is 59.0 cm³/mol. The quantitative estimate of drug-likeness (QED) is 0.256. The van der Waals surface area contributed by atoms with Crippen LogP contribution >= 0.6 is 11.8 Å². The van der Waals surface area contributed by atoms with Gasteiger partial charge in [0.05, 0.1) is 0 Å². The molecule has 1 heterocycles. The van der Waals surface area contributed by atoms with Crippen molar-refractivity contribution in [2.24, 2.45) is 17.9 Å². The summed E-state index contributed by atoms with van der Waals surface area (Å²) < 4.78 is 1.71. The van der Waals surface area contributed by atoms with Gasteiger partial charge in [0.25, 0.3) is 0 Å². The van der Waals surface area contributed by atoms with E-state index in [1.807, 2.05) is 7.05 Å². The summed E-state index contributed by atoms with van der Waals surface area (Å²) in [6.07, 6.45) is 2.98. The zero-order valence-electron chi connectivity index (χ0n) is 8.79. The van der Waals surface area contributed by atoms with E-state index >= 15 is 0 Å². The molecule has 0 saturated heterocycles. The zero-order chi connectivity index (χ0) is 11.3. The van der Waals surface area contributed by atoms with Gasteiger partial charge in [-0.25, -0.2) is 9.67 Å². The highest BCUT2D eigenvalue weighted by Gasteiger charge is 2.13. The number of hydrogen-bond acceptors (Lipinski definition) is 5. The van der Waals surface area contributed by atoms with Gasteiger partial charge >= 0.3 is 0 Å². The predicted octanol–water partition coefficient (Wildman–Crippen LogP) is 0.822. The number of amidine groups is 1. The molecule has 1 aromatic rings. The molecule has 1 aromatic heterocycles. The number of aryl methyl sites for hydroxylation is 1. The van der Waals surface area contributed by atoms with Crippen LogP contribution in [0.25, 0.3) is 0 Å². The lowest BCUT2D eigenvalue weighted by atomic mass is 10.2. The Balaban J connectivity index is 2.58. The van der Waals surface area contributed by atoms with Crippen LogP contribution in [0.15, 0.2) is 16.6 Å². The standard InChI is InChI=1S/C8H15N5OS/c1-3-6(4-7(9)12-14)15-8-10-5-11-13(8)2/h5-6,14H,3-4H2,1-2H3,(H2,9,12). The average molecular weight is 229 g/mol. The minimum atomic E-state index is 0.247. The molecule has 0 saturated carbocycles. The molecule has 0 bridgehead atoms. The Hall–Kier alpha value is -1.24. The molecule has 15 heavy (non-hydrogen) atoms. The second-order valence-corrected chi connectivity index (χ2v) is 4.38. The third kappa shape index (κ3) is 3.43. The summed E-state index contributed by atoms with van der Waals surface area (Å²) in [7, 11) is 1.84. The molecule has 0 aliphatic heterocycles. The SMILES string of the molecule is CCC(CC(N)=NO)Sc1ncnn1C. The molecule has 0 aromatic carbocycles. The number of nitrogens with zero attached hydrogens (tertiary/aromatic N) is 4. The third-order valence-corrected chi connectivity index (χ3v) is 3.38. The largest absolute Gasteiger partial charge is 0.409 e. The van der Waals surface area contributed by atoms with Crippen molar-refractivity contribution in [3.63, 3.8) is 0 Å². The van der Waals surface area contributed by atoms with E-state index in [1.165, 1.54) is 6.33 Å². The van der Waals surface area contributed by atoms with E-state index in [2.05, 4.69) is 22.2 Å². The Bertz CT molecular complexity index is 338. The third-order valence-electron chi connectivity index (χ3n) is 1.96. The van der Waals surface area contributed by atoms with Crippen LogP contribution in [-0.2, 0) is 7.05 Å². The fourth-order valence-corrected chi connectivity index (χ4v) is 2.11. The van der Waals surface area contributed by atoms with Crippen LogP contribution in [0.2, 0.25) is 0 Å². The number of hydrogen-bond donors (Lipinski definition) is 2. The number of nitrogens with two attached hydrogens (primary N) is 1. The van der Waals surface area contributed by atoms with Gasteiger partial charge in [0, 0.05) is 18.7 Å². The summed E-state index contributed by atoms with van der Waals surface area (Å²) in [6.45, 7) is 2.05. The maximum absolute atomic E-state index is 8.48. The van der Waals surface area contributed by atoms with Crippen LogP contribution in [0, 0.1) is 0 Å². The number of rotatable bonds is 5. The summed E-state index contributed by atoms with van der Waals surface area (Å²) in [5.74, 6) is 0.247. The van der Waals surface area contributed by atoms with Crippen molar-refractivity contribution >= 4 is 17.6 Å². The molecule has 0 radical (unpaired) electrons. The van der Waals surface area contributed by atoms with Crippen molar-refractivity contribution in [2.45, 2.75) is 30.2 Å². The molecule has 1 rings (SSSR count). The number of thioether (sulfide) groups is 1. The molecular weight excluding hydrogens is 214 g/mol. The summed E-state index contributed by atoms with van der Waals surface area (Å²) in [5, 5.41) is 16.5. The minimum absolute atomic E-state index is 0.247. The van der Waals surface area contributed by atoms with Crippen LogP contribution in [0.3, 0.4) is 0 Å². The summed E-state index contributed by atoms with van der Waals surface area (Å²) in [4.78, 5) is 4.11. The van der Waals surface area contributed by atoms with E-state index in [4.69, 9.17) is 10.9 Å². The maximum atomic E-state index is 8.48. The number of oxime groups is 1. The first-order valence-corrected chi connectivity index (χ1v) is 5.52. The van der Waals surface area contributed by atoms with E-state index in [0.29, 0.717) is 6.42 Å². The molecule has 84 valence electrons. The van der Waals surface area contributed by atoms with Crippen LogP contribution in [-0.4, -0.2) is 31.1 Å².